The van der Waals surface area contributed by atoms with E-state index in [0.717, 1.165) is 12.1 Å². The number of nitrogens with one attached hydrogen (secondary N) is 1. The summed E-state index contributed by atoms with van der Waals surface area (Å²) in [6, 6.07) is 2.13. The first-order valence-electron chi connectivity index (χ1n) is 7.47. The third kappa shape index (κ3) is 3.74. The Morgan fingerprint density at radius 1 is 1.20 bits per heavy atom. The van der Waals surface area contributed by atoms with Crippen molar-refractivity contribution in [2.45, 2.75) is 51.6 Å². The molecule has 0 atom stereocenters. The summed E-state index contributed by atoms with van der Waals surface area (Å²) in [5.74, 6) is -1.53. The number of halogens is 4. The highest BCUT2D eigenvalue weighted by Crippen LogP contribution is 2.38. The van der Waals surface area contributed by atoms with Gasteiger partial charge in [-0.2, -0.15) is 13.2 Å². The molecule has 1 aromatic carbocycles. The third-order valence-electron chi connectivity index (χ3n) is 4.48. The van der Waals surface area contributed by atoms with Crippen molar-refractivity contribution in [1.82, 2.24) is 5.32 Å². The summed E-state index contributed by atoms with van der Waals surface area (Å²) in [5, 5.41) is 10.4. The minimum Gasteiger partial charge on any atom is -0.465 e. The van der Waals surface area contributed by atoms with E-state index in [1.165, 1.54) is 0 Å². The minimum absolute atomic E-state index is 0.384. The molecule has 0 spiro atoms. The van der Waals surface area contributed by atoms with Crippen molar-refractivity contribution >= 4 is 18.7 Å². The van der Waals surface area contributed by atoms with Crippen LogP contribution in [-0.2, 0) is 22.0 Å². The largest absolute Gasteiger partial charge is 0.497 e. The van der Waals surface area contributed by atoms with Gasteiger partial charge in [-0.05, 0) is 33.3 Å². The first-order valence-corrected chi connectivity index (χ1v) is 7.47. The molecule has 0 unspecified atom stereocenters. The van der Waals surface area contributed by atoms with Gasteiger partial charge in [-0.1, -0.05) is 12.1 Å². The molecule has 1 aliphatic heterocycles. The number of hydrogen-bond donors (Lipinski definition) is 2. The van der Waals surface area contributed by atoms with Crippen LogP contribution < -0.4 is 10.8 Å². The molecule has 1 heterocycles. The van der Waals surface area contributed by atoms with E-state index in [0.29, 0.717) is 0 Å². The molecule has 1 amide bonds. The van der Waals surface area contributed by atoms with Gasteiger partial charge < -0.3 is 19.7 Å². The maximum Gasteiger partial charge on any atom is 0.497 e. The predicted octanol–water partition coefficient (Wildman–Crippen LogP) is 2.91. The van der Waals surface area contributed by atoms with Crippen molar-refractivity contribution in [3.05, 3.63) is 29.1 Å². The van der Waals surface area contributed by atoms with E-state index in [4.69, 9.17) is 14.4 Å². The monoisotopic (exact) mass is 363 g/mol. The number of rotatable bonds is 3. The fraction of sp³-hybridized carbons (Fsp3) is 0.533. The van der Waals surface area contributed by atoms with E-state index >= 15 is 0 Å². The van der Waals surface area contributed by atoms with Gasteiger partial charge in [-0.3, -0.25) is 0 Å². The van der Waals surface area contributed by atoms with Gasteiger partial charge in [0.25, 0.3) is 0 Å². The number of amides is 1. The molecule has 2 rings (SSSR count). The molecule has 2 N–H and O–H groups in total. The standard InChI is InChI=1S/C15H18BF4NO4/c1-13(2)14(3,4)25-16(24-13)9-6-5-8(7-21-12(22)23)10(11(9)17)15(18,19)20/h5-6,21H,7H2,1-4H3,(H,22,23). The van der Waals surface area contributed by atoms with Gasteiger partial charge in [0, 0.05) is 12.0 Å². The highest BCUT2D eigenvalue weighted by molar-refractivity contribution is 6.62. The van der Waals surface area contributed by atoms with Crippen molar-refractivity contribution in [3.8, 4) is 0 Å². The zero-order valence-corrected chi connectivity index (χ0v) is 14.1. The number of alkyl halides is 3. The fourth-order valence-electron chi connectivity index (χ4n) is 2.41. The molecule has 0 radical (unpaired) electrons. The zero-order chi connectivity index (χ0) is 19.2. The third-order valence-corrected chi connectivity index (χ3v) is 4.48. The highest BCUT2D eigenvalue weighted by atomic mass is 19.4. The van der Waals surface area contributed by atoms with Crippen LogP contribution in [0.3, 0.4) is 0 Å². The average molecular weight is 363 g/mol. The lowest BCUT2D eigenvalue weighted by molar-refractivity contribution is -0.140. The smallest absolute Gasteiger partial charge is 0.465 e. The number of benzene rings is 1. The number of hydrogen-bond acceptors (Lipinski definition) is 3. The van der Waals surface area contributed by atoms with E-state index in [2.05, 4.69) is 0 Å². The van der Waals surface area contributed by atoms with Crippen molar-refractivity contribution in [1.29, 1.82) is 0 Å². The summed E-state index contributed by atoms with van der Waals surface area (Å²) in [6.07, 6.45) is -6.51. The van der Waals surface area contributed by atoms with E-state index in [1.807, 2.05) is 0 Å². The molecule has 25 heavy (non-hydrogen) atoms. The van der Waals surface area contributed by atoms with Gasteiger partial charge in [-0.15, -0.1) is 0 Å². The Hall–Kier alpha value is -1.81. The molecular formula is C15H18BF4NO4. The van der Waals surface area contributed by atoms with E-state index < -0.39 is 54.1 Å². The summed E-state index contributed by atoms with van der Waals surface area (Å²) >= 11 is 0. The molecule has 10 heteroatoms. The highest BCUT2D eigenvalue weighted by Gasteiger charge is 2.53. The van der Waals surface area contributed by atoms with Crippen LogP contribution in [0.15, 0.2) is 12.1 Å². The summed E-state index contributed by atoms with van der Waals surface area (Å²) in [7, 11) is -1.30. The van der Waals surface area contributed by atoms with E-state index in [-0.39, 0.29) is 5.46 Å². The van der Waals surface area contributed by atoms with Gasteiger partial charge in [0.15, 0.2) is 0 Å². The Kier molecular flexibility index (Phi) is 4.82. The van der Waals surface area contributed by atoms with Gasteiger partial charge in [0.05, 0.1) is 16.8 Å². The summed E-state index contributed by atoms with van der Waals surface area (Å²) < 4.78 is 65.8. The van der Waals surface area contributed by atoms with Crippen LogP contribution in [0.5, 0.6) is 0 Å². The second-order valence-corrected chi connectivity index (χ2v) is 6.75. The van der Waals surface area contributed by atoms with Crippen LogP contribution in [0, 0.1) is 5.82 Å². The van der Waals surface area contributed by atoms with Crippen molar-refractivity contribution in [3.63, 3.8) is 0 Å². The normalized spacial score (nSPS) is 19.1. The van der Waals surface area contributed by atoms with E-state index in [9.17, 15) is 22.4 Å². The molecule has 1 saturated heterocycles. The Morgan fingerprint density at radius 2 is 1.72 bits per heavy atom. The first-order chi connectivity index (χ1) is 11.3. The summed E-state index contributed by atoms with van der Waals surface area (Å²) in [4.78, 5) is 10.5. The van der Waals surface area contributed by atoms with Crippen molar-refractivity contribution < 1.29 is 36.8 Å². The number of carboxylic acid groups (broad SMARTS) is 1. The average Bonchev–Trinajstić information content (AvgIpc) is 2.63. The Balaban J connectivity index is 2.47. The number of carbonyl (C=O) groups is 1. The van der Waals surface area contributed by atoms with Gasteiger partial charge in [0.2, 0.25) is 0 Å². The first kappa shape index (κ1) is 19.5. The lowest BCUT2D eigenvalue weighted by atomic mass is 9.77. The fourth-order valence-corrected chi connectivity index (χ4v) is 2.41. The maximum atomic E-state index is 14.7. The van der Waals surface area contributed by atoms with Crippen LogP contribution in [0.2, 0.25) is 0 Å². The molecule has 0 aliphatic carbocycles. The van der Waals surface area contributed by atoms with Crippen LogP contribution in [-0.4, -0.2) is 29.5 Å². The maximum absolute atomic E-state index is 14.7. The second-order valence-electron chi connectivity index (χ2n) is 6.75. The Labute approximate surface area is 142 Å². The molecule has 1 aromatic rings. The van der Waals surface area contributed by atoms with Crippen LogP contribution in [0.4, 0.5) is 22.4 Å². The lowest BCUT2D eigenvalue weighted by Gasteiger charge is -2.32. The van der Waals surface area contributed by atoms with Gasteiger partial charge in [-0.25, -0.2) is 9.18 Å². The van der Waals surface area contributed by atoms with Crippen LogP contribution in [0.1, 0.15) is 38.8 Å². The Morgan fingerprint density at radius 3 is 2.16 bits per heavy atom. The van der Waals surface area contributed by atoms with Crippen molar-refractivity contribution in [2.75, 3.05) is 0 Å². The van der Waals surface area contributed by atoms with Crippen LogP contribution >= 0.6 is 0 Å². The quantitative estimate of drug-likeness (QED) is 0.640. The molecular weight excluding hydrogens is 345 g/mol. The van der Waals surface area contributed by atoms with E-state index in [1.54, 1.807) is 33.0 Å². The molecule has 138 valence electrons. The molecule has 0 aromatic heterocycles. The summed E-state index contributed by atoms with van der Waals surface area (Å²) in [5.41, 5.74) is -4.12. The predicted molar refractivity (Wildman–Crippen MR) is 82.0 cm³/mol. The van der Waals surface area contributed by atoms with Gasteiger partial charge >= 0.3 is 19.4 Å². The molecule has 0 saturated carbocycles. The summed E-state index contributed by atoms with van der Waals surface area (Å²) in [6.45, 7) is 6.10. The molecule has 1 fully saturated rings. The van der Waals surface area contributed by atoms with Crippen molar-refractivity contribution in [2.24, 2.45) is 0 Å². The second kappa shape index (κ2) is 6.17. The SMILES string of the molecule is CC1(C)OB(c2ccc(CNC(=O)O)c(C(F)(F)F)c2F)OC1(C)C. The van der Waals surface area contributed by atoms with Crippen LogP contribution in [0.25, 0.3) is 0 Å². The minimum atomic E-state index is -5.00. The molecule has 1 aliphatic rings. The Bertz CT molecular complexity index is 675. The molecule has 0 bridgehead atoms. The zero-order valence-electron chi connectivity index (χ0n) is 14.1. The lowest BCUT2D eigenvalue weighted by Crippen LogP contribution is -2.41. The topological polar surface area (TPSA) is 67.8 Å². The molecule has 5 nitrogen and oxygen atoms in total. The van der Waals surface area contributed by atoms with Gasteiger partial charge in [0.1, 0.15) is 5.82 Å².